The number of halogens is 1. The predicted molar refractivity (Wildman–Crippen MR) is 66.9 cm³/mol. The first-order valence-electron chi connectivity index (χ1n) is 5.08. The number of H-pyrrole nitrogens is 1. The summed E-state index contributed by atoms with van der Waals surface area (Å²) >= 11 is 6.00. The Hall–Kier alpha value is -1.32. The number of hydrogen-bond donors (Lipinski definition) is 2. The predicted octanol–water partition coefficient (Wildman–Crippen LogP) is 2.51. The van der Waals surface area contributed by atoms with Gasteiger partial charge in [0, 0.05) is 16.6 Å². The van der Waals surface area contributed by atoms with Crippen LogP contribution in [0.25, 0.3) is 10.9 Å². The van der Waals surface area contributed by atoms with Gasteiger partial charge in [0.1, 0.15) is 0 Å². The Balaban J connectivity index is 2.84. The normalized spacial score (nSPS) is 13.0. The lowest BCUT2D eigenvalue weighted by molar-refractivity contribution is 0.803. The molecule has 0 spiro atoms. The highest BCUT2D eigenvalue weighted by Crippen LogP contribution is 2.23. The first-order chi connectivity index (χ1) is 7.50. The van der Waals surface area contributed by atoms with Crippen LogP contribution in [0.2, 0.25) is 5.02 Å². The molecule has 0 radical (unpaired) electrons. The SMILES string of the molecule is Cc1c(Cl)ccc2cc(C(C)N)c(=O)[nH]c12. The van der Waals surface area contributed by atoms with Crippen molar-refractivity contribution in [2.24, 2.45) is 5.73 Å². The van der Waals surface area contributed by atoms with Crippen molar-refractivity contribution >= 4 is 22.5 Å². The molecule has 1 aromatic heterocycles. The maximum Gasteiger partial charge on any atom is 0.253 e. The molecule has 2 aromatic rings. The quantitative estimate of drug-likeness (QED) is 0.799. The number of hydrogen-bond acceptors (Lipinski definition) is 2. The number of benzene rings is 1. The molecule has 0 fully saturated rings. The molecule has 0 amide bonds. The van der Waals surface area contributed by atoms with Gasteiger partial charge in [0.25, 0.3) is 5.56 Å². The number of aromatic amines is 1. The molecule has 3 nitrogen and oxygen atoms in total. The Morgan fingerprint density at radius 1 is 1.44 bits per heavy atom. The van der Waals surface area contributed by atoms with Gasteiger partial charge in [-0.25, -0.2) is 0 Å². The molecule has 0 aliphatic heterocycles. The Labute approximate surface area is 98.2 Å². The average Bonchev–Trinajstić information content (AvgIpc) is 2.23. The number of pyridine rings is 1. The zero-order chi connectivity index (χ0) is 11.9. The number of aryl methyl sites for hydroxylation is 1. The molecule has 4 heteroatoms. The van der Waals surface area contributed by atoms with Gasteiger partial charge in [-0.2, -0.15) is 0 Å². The van der Waals surface area contributed by atoms with Crippen LogP contribution in [0, 0.1) is 6.92 Å². The molecular weight excluding hydrogens is 224 g/mol. The van der Waals surface area contributed by atoms with E-state index in [0.717, 1.165) is 16.5 Å². The summed E-state index contributed by atoms with van der Waals surface area (Å²) in [5.41, 5.74) is 7.84. The van der Waals surface area contributed by atoms with Crippen LogP contribution in [-0.2, 0) is 0 Å². The van der Waals surface area contributed by atoms with E-state index in [2.05, 4.69) is 4.98 Å². The second-order valence-electron chi connectivity index (χ2n) is 3.98. The summed E-state index contributed by atoms with van der Waals surface area (Å²) in [5, 5.41) is 1.60. The summed E-state index contributed by atoms with van der Waals surface area (Å²) in [6.45, 7) is 3.67. The van der Waals surface area contributed by atoms with Gasteiger partial charge in [-0.05, 0) is 36.9 Å². The molecule has 0 saturated carbocycles. The molecule has 1 unspecified atom stereocenters. The monoisotopic (exact) mass is 236 g/mol. The third-order valence-corrected chi connectivity index (χ3v) is 3.14. The van der Waals surface area contributed by atoms with E-state index in [-0.39, 0.29) is 11.6 Å². The number of aromatic nitrogens is 1. The van der Waals surface area contributed by atoms with Crippen LogP contribution in [0.1, 0.15) is 24.1 Å². The van der Waals surface area contributed by atoms with E-state index >= 15 is 0 Å². The molecule has 0 aliphatic rings. The Morgan fingerprint density at radius 2 is 2.12 bits per heavy atom. The number of fused-ring (bicyclic) bond motifs is 1. The van der Waals surface area contributed by atoms with Crippen molar-refractivity contribution in [1.82, 2.24) is 4.98 Å². The van der Waals surface area contributed by atoms with Crippen molar-refractivity contribution in [3.8, 4) is 0 Å². The number of rotatable bonds is 1. The maximum absolute atomic E-state index is 11.8. The largest absolute Gasteiger partial charge is 0.324 e. The van der Waals surface area contributed by atoms with E-state index in [1.807, 2.05) is 25.1 Å². The zero-order valence-corrected chi connectivity index (χ0v) is 9.93. The third kappa shape index (κ3) is 1.72. The number of nitrogens with one attached hydrogen (secondary N) is 1. The second-order valence-corrected chi connectivity index (χ2v) is 4.39. The molecule has 84 valence electrons. The molecule has 1 atom stereocenters. The lowest BCUT2D eigenvalue weighted by atomic mass is 10.1. The van der Waals surface area contributed by atoms with Gasteiger partial charge in [-0.3, -0.25) is 4.79 Å². The van der Waals surface area contributed by atoms with Gasteiger partial charge in [0.2, 0.25) is 0 Å². The highest BCUT2D eigenvalue weighted by atomic mass is 35.5. The topological polar surface area (TPSA) is 58.9 Å². The smallest absolute Gasteiger partial charge is 0.253 e. The highest BCUT2D eigenvalue weighted by molar-refractivity contribution is 6.32. The van der Waals surface area contributed by atoms with Gasteiger partial charge in [-0.1, -0.05) is 17.7 Å². The Morgan fingerprint density at radius 3 is 2.75 bits per heavy atom. The van der Waals surface area contributed by atoms with Crippen LogP contribution >= 0.6 is 11.6 Å². The Kier molecular flexibility index (Phi) is 2.74. The van der Waals surface area contributed by atoms with E-state index in [1.165, 1.54) is 0 Å². The molecule has 0 saturated heterocycles. The van der Waals surface area contributed by atoms with E-state index in [9.17, 15) is 4.79 Å². The summed E-state index contributed by atoms with van der Waals surface area (Å²) in [5.74, 6) is 0. The van der Waals surface area contributed by atoms with Crippen molar-refractivity contribution in [2.45, 2.75) is 19.9 Å². The van der Waals surface area contributed by atoms with E-state index in [0.29, 0.717) is 10.6 Å². The molecule has 0 aliphatic carbocycles. The van der Waals surface area contributed by atoms with Crippen LogP contribution in [0.15, 0.2) is 23.0 Å². The van der Waals surface area contributed by atoms with Gasteiger partial charge in [0.05, 0.1) is 5.52 Å². The van der Waals surface area contributed by atoms with E-state index in [4.69, 9.17) is 17.3 Å². The van der Waals surface area contributed by atoms with Crippen molar-refractivity contribution in [2.75, 3.05) is 0 Å². The molecule has 16 heavy (non-hydrogen) atoms. The third-order valence-electron chi connectivity index (χ3n) is 2.73. The minimum atomic E-state index is -0.274. The molecule has 0 bridgehead atoms. The van der Waals surface area contributed by atoms with Crippen LogP contribution in [0.4, 0.5) is 0 Å². The summed E-state index contributed by atoms with van der Waals surface area (Å²) < 4.78 is 0. The molecule has 3 N–H and O–H groups in total. The fourth-order valence-corrected chi connectivity index (χ4v) is 1.91. The van der Waals surface area contributed by atoms with Crippen molar-refractivity contribution in [3.05, 3.63) is 44.7 Å². The molecule has 2 rings (SSSR count). The van der Waals surface area contributed by atoms with Crippen molar-refractivity contribution < 1.29 is 0 Å². The Bertz CT molecular complexity index is 602. The summed E-state index contributed by atoms with van der Waals surface area (Å²) in [7, 11) is 0. The van der Waals surface area contributed by atoms with Crippen LogP contribution in [0.5, 0.6) is 0 Å². The maximum atomic E-state index is 11.8. The fraction of sp³-hybridized carbons (Fsp3) is 0.250. The molecule has 1 heterocycles. The minimum Gasteiger partial charge on any atom is -0.324 e. The van der Waals surface area contributed by atoms with Crippen molar-refractivity contribution in [3.63, 3.8) is 0 Å². The first kappa shape index (κ1) is 11.2. The van der Waals surface area contributed by atoms with Gasteiger partial charge in [-0.15, -0.1) is 0 Å². The van der Waals surface area contributed by atoms with Gasteiger partial charge in [0.15, 0.2) is 0 Å². The summed E-state index contributed by atoms with van der Waals surface area (Å²) in [4.78, 5) is 14.6. The fourth-order valence-electron chi connectivity index (χ4n) is 1.75. The van der Waals surface area contributed by atoms with E-state index in [1.54, 1.807) is 6.92 Å². The lowest BCUT2D eigenvalue weighted by Gasteiger charge is -2.08. The van der Waals surface area contributed by atoms with Crippen LogP contribution in [-0.4, -0.2) is 4.98 Å². The minimum absolute atomic E-state index is 0.145. The lowest BCUT2D eigenvalue weighted by Crippen LogP contribution is -2.19. The second kappa shape index (κ2) is 3.92. The summed E-state index contributed by atoms with van der Waals surface area (Å²) in [6.07, 6.45) is 0. The standard InChI is InChI=1S/C12H13ClN2O/c1-6-10(13)4-3-8-5-9(7(2)14)12(16)15-11(6)8/h3-5,7H,14H2,1-2H3,(H,15,16). The van der Waals surface area contributed by atoms with Crippen LogP contribution in [0.3, 0.4) is 0 Å². The van der Waals surface area contributed by atoms with Gasteiger partial charge >= 0.3 is 0 Å². The van der Waals surface area contributed by atoms with Crippen molar-refractivity contribution in [1.29, 1.82) is 0 Å². The van der Waals surface area contributed by atoms with Gasteiger partial charge < -0.3 is 10.7 Å². The number of nitrogens with two attached hydrogens (primary N) is 1. The first-order valence-corrected chi connectivity index (χ1v) is 5.46. The zero-order valence-electron chi connectivity index (χ0n) is 9.17. The summed E-state index contributed by atoms with van der Waals surface area (Å²) in [6, 6.07) is 5.25. The molecule has 1 aromatic carbocycles. The molecular formula is C12H13ClN2O. The average molecular weight is 237 g/mol. The van der Waals surface area contributed by atoms with Crippen LogP contribution < -0.4 is 11.3 Å². The van der Waals surface area contributed by atoms with E-state index < -0.39 is 0 Å². The highest BCUT2D eigenvalue weighted by Gasteiger charge is 2.09.